The minimum Gasteiger partial charge on any atom is -0.368 e. The lowest BCUT2D eigenvalue weighted by Crippen LogP contribution is -2.50. The van der Waals surface area contributed by atoms with Crippen molar-refractivity contribution in [1.29, 1.82) is 0 Å². The van der Waals surface area contributed by atoms with Crippen LogP contribution in [0.5, 0.6) is 0 Å². The number of hydrogen-bond acceptors (Lipinski definition) is 3. The first kappa shape index (κ1) is 16.4. The molecule has 21 heavy (non-hydrogen) atoms. The molecule has 2 heterocycles. The normalized spacial score (nSPS) is 22.0. The first-order valence-corrected chi connectivity index (χ1v) is 7.62. The number of nitrogens with one attached hydrogen (secondary N) is 1. The van der Waals surface area contributed by atoms with Gasteiger partial charge in [0.15, 0.2) is 0 Å². The third kappa shape index (κ3) is 3.82. The quantitative estimate of drug-likeness (QED) is 0.901. The fourth-order valence-electron chi connectivity index (χ4n) is 2.98. The Bertz CT molecular complexity index is 484. The van der Waals surface area contributed by atoms with Crippen molar-refractivity contribution in [3.05, 3.63) is 29.3 Å². The molecule has 0 saturated carbocycles. The number of rotatable bonds is 2. The maximum absolute atomic E-state index is 12.3. The Balaban J connectivity index is 0.00000161. The van der Waals surface area contributed by atoms with E-state index in [2.05, 4.69) is 16.3 Å². The summed E-state index contributed by atoms with van der Waals surface area (Å²) in [4.78, 5) is 16.7. The highest BCUT2D eigenvalue weighted by Gasteiger charge is 2.29. The minimum atomic E-state index is 0. The zero-order valence-corrected chi connectivity index (χ0v) is 13.5. The van der Waals surface area contributed by atoms with Gasteiger partial charge in [-0.15, -0.1) is 12.4 Å². The van der Waals surface area contributed by atoms with Crippen molar-refractivity contribution in [2.24, 2.45) is 5.92 Å². The van der Waals surface area contributed by atoms with E-state index in [1.54, 1.807) is 0 Å². The lowest BCUT2D eigenvalue weighted by atomic mass is 10.1. The fraction of sp³-hybridized carbons (Fsp3) is 0.533. The van der Waals surface area contributed by atoms with Crippen LogP contribution in [0.2, 0.25) is 5.02 Å². The predicted octanol–water partition coefficient (Wildman–Crippen LogP) is 2.02. The summed E-state index contributed by atoms with van der Waals surface area (Å²) in [6.07, 6.45) is 0.980. The van der Waals surface area contributed by atoms with E-state index in [9.17, 15) is 4.79 Å². The van der Waals surface area contributed by atoms with Gasteiger partial charge in [-0.1, -0.05) is 17.7 Å². The second kappa shape index (κ2) is 7.34. The van der Waals surface area contributed by atoms with Gasteiger partial charge in [0.05, 0.1) is 5.92 Å². The summed E-state index contributed by atoms with van der Waals surface area (Å²) in [6, 6.07) is 7.92. The van der Waals surface area contributed by atoms with E-state index in [-0.39, 0.29) is 18.3 Å². The van der Waals surface area contributed by atoms with Gasteiger partial charge >= 0.3 is 0 Å². The maximum Gasteiger partial charge on any atom is 0.227 e. The molecule has 2 saturated heterocycles. The van der Waals surface area contributed by atoms with E-state index in [0.717, 1.165) is 56.4 Å². The molecule has 4 nitrogen and oxygen atoms in total. The highest BCUT2D eigenvalue weighted by molar-refractivity contribution is 6.30. The number of carbonyl (C=O) groups excluding carboxylic acids is 1. The topological polar surface area (TPSA) is 35.6 Å². The molecule has 0 bridgehead atoms. The molecule has 6 heteroatoms. The second-order valence-electron chi connectivity index (χ2n) is 5.48. The second-order valence-corrected chi connectivity index (χ2v) is 5.92. The highest BCUT2D eigenvalue weighted by atomic mass is 35.5. The van der Waals surface area contributed by atoms with E-state index in [1.165, 1.54) is 0 Å². The van der Waals surface area contributed by atoms with Crippen LogP contribution >= 0.6 is 24.0 Å². The Labute approximate surface area is 136 Å². The van der Waals surface area contributed by atoms with Crippen LogP contribution in [0.3, 0.4) is 0 Å². The molecule has 1 atom stereocenters. The molecule has 2 aliphatic rings. The molecular weight excluding hydrogens is 309 g/mol. The Kier molecular flexibility index (Phi) is 5.73. The SMILES string of the molecule is Cl.O=C(C1CCNC1)N1CCN(c2cccc(Cl)c2)CC1. The van der Waals surface area contributed by atoms with E-state index in [1.807, 2.05) is 23.1 Å². The van der Waals surface area contributed by atoms with Crippen molar-refractivity contribution in [2.75, 3.05) is 44.2 Å². The van der Waals surface area contributed by atoms with Crippen LogP contribution in [0.4, 0.5) is 5.69 Å². The number of hydrogen-bond donors (Lipinski definition) is 1. The Morgan fingerprint density at radius 3 is 2.62 bits per heavy atom. The zero-order chi connectivity index (χ0) is 13.9. The molecule has 1 aromatic carbocycles. The van der Waals surface area contributed by atoms with Crippen LogP contribution in [-0.2, 0) is 4.79 Å². The molecule has 0 aliphatic carbocycles. The number of piperazine rings is 1. The summed E-state index contributed by atoms with van der Waals surface area (Å²) in [6.45, 7) is 5.19. The van der Waals surface area contributed by atoms with Gasteiger partial charge in [0.1, 0.15) is 0 Å². The van der Waals surface area contributed by atoms with Crippen molar-refractivity contribution in [2.45, 2.75) is 6.42 Å². The number of benzene rings is 1. The van der Waals surface area contributed by atoms with Gasteiger partial charge < -0.3 is 15.1 Å². The largest absolute Gasteiger partial charge is 0.368 e. The van der Waals surface area contributed by atoms with Gasteiger partial charge in [-0.3, -0.25) is 4.79 Å². The molecule has 116 valence electrons. The van der Waals surface area contributed by atoms with Crippen LogP contribution in [0.15, 0.2) is 24.3 Å². The van der Waals surface area contributed by atoms with Gasteiger partial charge in [-0.2, -0.15) is 0 Å². The van der Waals surface area contributed by atoms with E-state index >= 15 is 0 Å². The zero-order valence-electron chi connectivity index (χ0n) is 11.9. The van der Waals surface area contributed by atoms with Gasteiger partial charge in [0.2, 0.25) is 5.91 Å². The minimum absolute atomic E-state index is 0. The maximum atomic E-state index is 12.3. The first-order valence-electron chi connectivity index (χ1n) is 7.24. The van der Waals surface area contributed by atoms with Gasteiger partial charge in [0.25, 0.3) is 0 Å². The molecule has 0 aromatic heterocycles. The standard InChI is InChI=1S/C15H20ClN3O.ClH/c16-13-2-1-3-14(10-13)18-6-8-19(9-7-18)15(20)12-4-5-17-11-12;/h1-3,10,12,17H,4-9,11H2;1H. The Hall–Kier alpha value is -0.970. The number of anilines is 1. The summed E-state index contributed by atoms with van der Waals surface area (Å²) in [7, 11) is 0. The third-order valence-electron chi connectivity index (χ3n) is 4.17. The van der Waals surface area contributed by atoms with Crippen molar-refractivity contribution in [1.82, 2.24) is 10.2 Å². The van der Waals surface area contributed by atoms with Gasteiger partial charge in [0, 0.05) is 43.4 Å². The lowest BCUT2D eigenvalue weighted by molar-refractivity contribution is -0.135. The molecular formula is C15H21Cl2N3O. The van der Waals surface area contributed by atoms with Crippen LogP contribution < -0.4 is 10.2 Å². The highest BCUT2D eigenvalue weighted by Crippen LogP contribution is 2.21. The predicted molar refractivity (Wildman–Crippen MR) is 88.5 cm³/mol. The Morgan fingerprint density at radius 2 is 2.00 bits per heavy atom. The van der Waals surface area contributed by atoms with Crippen molar-refractivity contribution >= 4 is 35.6 Å². The monoisotopic (exact) mass is 329 g/mol. The molecule has 1 N–H and O–H groups in total. The first-order chi connectivity index (χ1) is 9.74. The molecule has 2 aliphatic heterocycles. The van der Waals surface area contributed by atoms with E-state index < -0.39 is 0 Å². The van der Waals surface area contributed by atoms with Crippen LogP contribution in [0.1, 0.15) is 6.42 Å². The van der Waals surface area contributed by atoms with Crippen molar-refractivity contribution < 1.29 is 4.79 Å². The number of nitrogens with zero attached hydrogens (tertiary/aromatic N) is 2. The Morgan fingerprint density at radius 1 is 1.24 bits per heavy atom. The summed E-state index contributed by atoms with van der Waals surface area (Å²) < 4.78 is 0. The fourth-order valence-corrected chi connectivity index (χ4v) is 3.17. The molecule has 2 fully saturated rings. The summed E-state index contributed by atoms with van der Waals surface area (Å²) in [5.74, 6) is 0.508. The molecule has 1 amide bonds. The number of amides is 1. The molecule has 0 radical (unpaired) electrons. The van der Waals surface area contributed by atoms with Crippen LogP contribution in [0.25, 0.3) is 0 Å². The summed E-state index contributed by atoms with van der Waals surface area (Å²) in [5.41, 5.74) is 1.15. The summed E-state index contributed by atoms with van der Waals surface area (Å²) >= 11 is 6.03. The van der Waals surface area contributed by atoms with E-state index in [0.29, 0.717) is 5.91 Å². The average molecular weight is 330 g/mol. The third-order valence-corrected chi connectivity index (χ3v) is 4.41. The van der Waals surface area contributed by atoms with Crippen molar-refractivity contribution in [3.63, 3.8) is 0 Å². The summed E-state index contributed by atoms with van der Waals surface area (Å²) in [5, 5.41) is 4.02. The van der Waals surface area contributed by atoms with Crippen molar-refractivity contribution in [3.8, 4) is 0 Å². The van der Waals surface area contributed by atoms with Crippen LogP contribution in [-0.4, -0.2) is 50.1 Å². The average Bonchev–Trinajstić information content (AvgIpc) is 3.01. The smallest absolute Gasteiger partial charge is 0.227 e. The molecule has 3 rings (SSSR count). The number of carbonyl (C=O) groups is 1. The molecule has 0 spiro atoms. The number of halogens is 2. The van der Waals surface area contributed by atoms with Gasteiger partial charge in [-0.05, 0) is 31.2 Å². The molecule has 1 unspecified atom stereocenters. The lowest BCUT2D eigenvalue weighted by Gasteiger charge is -2.37. The molecule has 1 aromatic rings. The van der Waals surface area contributed by atoms with Gasteiger partial charge in [-0.25, -0.2) is 0 Å². The van der Waals surface area contributed by atoms with E-state index in [4.69, 9.17) is 11.6 Å². The van der Waals surface area contributed by atoms with Crippen LogP contribution in [0, 0.1) is 5.92 Å².